The van der Waals surface area contributed by atoms with Gasteiger partial charge in [0, 0.05) is 18.7 Å². The van der Waals surface area contributed by atoms with E-state index in [1.807, 2.05) is 30.3 Å². The SMILES string of the molecule is O=C(CSc1ccc(-c2ccc(-c3ccccc3)cc2)nn1)NC[C@H]1CCCO1. The van der Waals surface area contributed by atoms with E-state index in [1.54, 1.807) is 0 Å². The van der Waals surface area contributed by atoms with Gasteiger partial charge in [-0.05, 0) is 36.1 Å². The van der Waals surface area contributed by atoms with Crippen molar-refractivity contribution in [2.75, 3.05) is 18.9 Å². The van der Waals surface area contributed by atoms with E-state index in [2.05, 4.69) is 51.9 Å². The number of rotatable bonds is 7. The summed E-state index contributed by atoms with van der Waals surface area (Å²) in [6.07, 6.45) is 2.26. The zero-order valence-corrected chi connectivity index (χ0v) is 16.9. The lowest BCUT2D eigenvalue weighted by atomic mass is 10.0. The van der Waals surface area contributed by atoms with E-state index in [1.165, 1.54) is 22.9 Å². The van der Waals surface area contributed by atoms with Crippen LogP contribution in [0.2, 0.25) is 0 Å². The highest BCUT2D eigenvalue weighted by molar-refractivity contribution is 7.99. The predicted molar refractivity (Wildman–Crippen MR) is 116 cm³/mol. The average Bonchev–Trinajstić information content (AvgIpc) is 3.31. The number of aromatic nitrogens is 2. The van der Waals surface area contributed by atoms with Crippen molar-refractivity contribution in [3.05, 3.63) is 66.7 Å². The molecule has 0 unspecified atom stereocenters. The number of thioether (sulfide) groups is 1. The Morgan fingerprint density at radius 1 is 0.966 bits per heavy atom. The van der Waals surface area contributed by atoms with Crippen LogP contribution in [0.3, 0.4) is 0 Å². The van der Waals surface area contributed by atoms with E-state index in [4.69, 9.17) is 4.74 Å². The van der Waals surface area contributed by atoms with Crippen molar-refractivity contribution < 1.29 is 9.53 Å². The molecule has 29 heavy (non-hydrogen) atoms. The van der Waals surface area contributed by atoms with Gasteiger partial charge in [0.15, 0.2) is 0 Å². The van der Waals surface area contributed by atoms with Crippen LogP contribution in [0.4, 0.5) is 0 Å². The van der Waals surface area contributed by atoms with Crippen molar-refractivity contribution in [1.82, 2.24) is 15.5 Å². The summed E-state index contributed by atoms with van der Waals surface area (Å²) < 4.78 is 5.51. The first-order chi connectivity index (χ1) is 14.3. The molecule has 5 nitrogen and oxygen atoms in total. The van der Waals surface area contributed by atoms with E-state index in [0.29, 0.717) is 12.3 Å². The monoisotopic (exact) mass is 405 g/mol. The number of carbonyl (C=O) groups is 1. The maximum atomic E-state index is 12.0. The van der Waals surface area contributed by atoms with Gasteiger partial charge in [-0.25, -0.2) is 0 Å². The summed E-state index contributed by atoms with van der Waals surface area (Å²) in [7, 11) is 0. The van der Waals surface area contributed by atoms with Gasteiger partial charge in [0.2, 0.25) is 5.91 Å². The average molecular weight is 406 g/mol. The Balaban J connectivity index is 1.30. The van der Waals surface area contributed by atoms with Crippen LogP contribution in [-0.4, -0.2) is 41.1 Å². The van der Waals surface area contributed by atoms with E-state index >= 15 is 0 Å². The molecule has 1 N–H and O–H groups in total. The van der Waals surface area contributed by atoms with Gasteiger partial charge in [-0.15, -0.1) is 10.2 Å². The Morgan fingerprint density at radius 2 is 1.72 bits per heavy atom. The zero-order valence-electron chi connectivity index (χ0n) is 16.1. The summed E-state index contributed by atoms with van der Waals surface area (Å²) in [5.41, 5.74) is 4.19. The highest BCUT2D eigenvalue weighted by atomic mass is 32.2. The molecule has 0 spiro atoms. The molecule has 0 bridgehead atoms. The minimum Gasteiger partial charge on any atom is -0.376 e. The summed E-state index contributed by atoms with van der Waals surface area (Å²) in [5.74, 6) is 0.319. The number of nitrogens with zero attached hydrogens (tertiary/aromatic N) is 2. The second-order valence-corrected chi connectivity index (χ2v) is 7.92. The molecule has 1 atom stereocenters. The zero-order chi connectivity index (χ0) is 19.9. The van der Waals surface area contributed by atoms with Crippen LogP contribution in [0.15, 0.2) is 71.8 Å². The van der Waals surface area contributed by atoms with Gasteiger partial charge in [-0.3, -0.25) is 4.79 Å². The second-order valence-electron chi connectivity index (χ2n) is 6.93. The molecular formula is C23H23N3O2S. The Kier molecular flexibility index (Phi) is 6.54. The molecule has 1 aromatic heterocycles. The molecule has 3 aromatic rings. The Morgan fingerprint density at radius 3 is 2.41 bits per heavy atom. The first kappa shape index (κ1) is 19.6. The third-order valence-electron chi connectivity index (χ3n) is 4.83. The van der Waals surface area contributed by atoms with E-state index in [-0.39, 0.29) is 12.0 Å². The van der Waals surface area contributed by atoms with E-state index in [9.17, 15) is 4.79 Å². The van der Waals surface area contributed by atoms with Crippen LogP contribution in [-0.2, 0) is 9.53 Å². The van der Waals surface area contributed by atoms with Gasteiger partial charge in [0.1, 0.15) is 5.03 Å². The molecule has 1 saturated heterocycles. The molecule has 0 aliphatic carbocycles. The summed E-state index contributed by atoms with van der Waals surface area (Å²) in [4.78, 5) is 12.0. The predicted octanol–water partition coefficient (Wildman–Crippen LogP) is 4.20. The number of carbonyl (C=O) groups excluding carboxylic acids is 1. The van der Waals surface area contributed by atoms with Crippen molar-refractivity contribution in [2.24, 2.45) is 0 Å². The fraction of sp³-hybridized carbons (Fsp3) is 0.261. The summed E-state index contributed by atoms with van der Waals surface area (Å²) in [6.45, 7) is 1.38. The van der Waals surface area contributed by atoms with Gasteiger partial charge in [-0.1, -0.05) is 66.4 Å². The first-order valence-corrected chi connectivity index (χ1v) is 10.8. The molecule has 0 saturated carbocycles. The third-order valence-corrected chi connectivity index (χ3v) is 5.75. The standard InChI is InChI=1S/C23H23N3O2S/c27-22(24-15-20-7-4-14-28-20)16-29-23-13-12-21(25-26-23)19-10-8-18(9-11-19)17-5-2-1-3-6-17/h1-3,5-6,8-13,20H,4,7,14-16H2,(H,24,27)/t20-/m1/s1. The minimum atomic E-state index is -0.00660. The van der Waals surface area contributed by atoms with Crippen molar-refractivity contribution in [2.45, 2.75) is 24.0 Å². The molecule has 2 heterocycles. The largest absolute Gasteiger partial charge is 0.376 e. The highest BCUT2D eigenvalue weighted by Gasteiger charge is 2.16. The number of amides is 1. The Labute approximate surface area is 174 Å². The minimum absolute atomic E-state index is 0.00660. The fourth-order valence-electron chi connectivity index (χ4n) is 3.24. The topological polar surface area (TPSA) is 64.1 Å². The second kappa shape index (κ2) is 9.67. The lowest BCUT2D eigenvalue weighted by molar-refractivity contribution is -0.119. The van der Waals surface area contributed by atoms with Crippen molar-refractivity contribution >= 4 is 17.7 Å². The van der Waals surface area contributed by atoms with Crippen LogP contribution in [0.1, 0.15) is 12.8 Å². The van der Waals surface area contributed by atoms with Crippen molar-refractivity contribution in [3.63, 3.8) is 0 Å². The Hall–Kier alpha value is -2.70. The maximum Gasteiger partial charge on any atom is 0.230 e. The van der Waals surface area contributed by atoms with Gasteiger partial charge < -0.3 is 10.1 Å². The molecule has 6 heteroatoms. The van der Waals surface area contributed by atoms with Gasteiger partial charge >= 0.3 is 0 Å². The van der Waals surface area contributed by atoms with Crippen LogP contribution in [0, 0.1) is 0 Å². The summed E-state index contributed by atoms with van der Waals surface area (Å²) in [5, 5.41) is 12.2. The van der Waals surface area contributed by atoms with Crippen molar-refractivity contribution in [3.8, 4) is 22.4 Å². The quantitative estimate of drug-likeness (QED) is 0.597. The van der Waals surface area contributed by atoms with Crippen molar-refractivity contribution in [1.29, 1.82) is 0 Å². The molecule has 4 rings (SSSR count). The third kappa shape index (κ3) is 5.43. The number of hydrogen-bond acceptors (Lipinski definition) is 5. The van der Waals surface area contributed by atoms with Crippen LogP contribution in [0.5, 0.6) is 0 Å². The molecule has 1 fully saturated rings. The smallest absolute Gasteiger partial charge is 0.230 e. The van der Waals surface area contributed by atoms with E-state index < -0.39 is 0 Å². The van der Waals surface area contributed by atoms with Gasteiger partial charge in [0.25, 0.3) is 0 Å². The maximum absolute atomic E-state index is 12.0. The molecule has 0 radical (unpaired) electrons. The Bertz CT molecular complexity index is 925. The van der Waals surface area contributed by atoms with E-state index in [0.717, 1.165) is 35.7 Å². The lowest BCUT2D eigenvalue weighted by Crippen LogP contribution is -2.32. The molecule has 148 valence electrons. The van der Waals surface area contributed by atoms with Crippen LogP contribution < -0.4 is 5.32 Å². The first-order valence-electron chi connectivity index (χ1n) is 9.78. The lowest BCUT2D eigenvalue weighted by Gasteiger charge is -2.10. The van der Waals surface area contributed by atoms with Gasteiger partial charge in [0.05, 0.1) is 17.6 Å². The molecule has 1 amide bonds. The number of hydrogen-bond donors (Lipinski definition) is 1. The fourth-order valence-corrected chi connectivity index (χ4v) is 3.88. The number of benzene rings is 2. The van der Waals surface area contributed by atoms with Crippen LogP contribution in [0.25, 0.3) is 22.4 Å². The summed E-state index contributed by atoms with van der Waals surface area (Å²) in [6, 6.07) is 22.4. The number of nitrogens with one attached hydrogen (secondary N) is 1. The highest BCUT2D eigenvalue weighted by Crippen LogP contribution is 2.24. The number of ether oxygens (including phenoxy) is 1. The molecule has 2 aromatic carbocycles. The molecule has 1 aliphatic heterocycles. The summed E-state index contributed by atoms with van der Waals surface area (Å²) >= 11 is 1.39. The normalized spacial score (nSPS) is 15.9. The molecule has 1 aliphatic rings. The van der Waals surface area contributed by atoms with Crippen LogP contribution >= 0.6 is 11.8 Å². The molecular weight excluding hydrogens is 382 g/mol. The van der Waals surface area contributed by atoms with Gasteiger partial charge in [-0.2, -0.15) is 0 Å².